The molecule has 6 nitrogen and oxygen atoms in total. The van der Waals surface area contributed by atoms with Crippen molar-refractivity contribution in [3.05, 3.63) is 23.8 Å². The average Bonchev–Trinajstić information content (AvgIpc) is 2.72. The highest BCUT2D eigenvalue weighted by Gasteiger charge is 2.30. The zero-order valence-corrected chi connectivity index (χ0v) is 12.1. The number of nitrogens with zero attached hydrogens (tertiary/aromatic N) is 1. The Kier molecular flexibility index (Phi) is 4.00. The first kappa shape index (κ1) is 15.8. The van der Waals surface area contributed by atoms with E-state index in [1.165, 1.54) is 23.1 Å². The highest BCUT2D eigenvalue weighted by atomic mass is 32.2. The summed E-state index contributed by atoms with van der Waals surface area (Å²) in [6.45, 7) is -2.01. The fourth-order valence-electron chi connectivity index (χ4n) is 1.97. The lowest BCUT2D eigenvalue weighted by atomic mass is 10.2. The molecule has 1 aromatic carbocycles. The standard InChI is InChI=1S/C12H15F2N3O3S/c1-17-10-3-2-9(4-8(10)5-11(17)18)21(19,20)16-7-12(13,14)6-15/h2-4,16H,5-7,15H2,1H3. The predicted molar refractivity (Wildman–Crippen MR) is 72.7 cm³/mol. The number of nitrogens with two attached hydrogens (primary N) is 1. The molecule has 1 amide bonds. The number of amides is 1. The quantitative estimate of drug-likeness (QED) is 0.804. The number of benzene rings is 1. The Labute approximate surface area is 121 Å². The fraction of sp³-hybridized carbons (Fsp3) is 0.417. The van der Waals surface area contributed by atoms with Crippen molar-refractivity contribution in [2.24, 2.45) is 5.73 Å². The maximum Gasteiger partial charge on any atom is 0.273 e. The van der Waals surface area contributed by atoms with Crippen LogP contribution in [0.1, 0.15) is 5.56 Å². The molecule has 0 aliphatic carbocycles. The summed E-state index contributed by atoms with van der Waals surface area (Å²) in [5.41, 5.74) is 6.02. The molecule has 1 aromatic rings. The van der Waals surface area contributed by atoms with Crippen molar-refractivity contribution < 1.29 is 22.0 Å². The van der Waals surface area contributed by atoms with Crippen molar-refractivity contribution in [2.45, 2.75) is 17.2 Å². The van der Waals surface area contributed by atoms with Gasteiger partial charge in [0.1, 0.15) is 0 Å². The van der Waals surface area contributed by atoms with Gasteiger partial charge in [-0.15, -0.1) is 0 Å². The van der Waals surface area contributed by atoms with Crippen LogP contribution in [0.4, 0.5) is 14.5 Å². The molecular formula is C12H15F2N3O3S. The lowest BCUT2D eigenvalue weighted by Crippen LogP contribution is -2.41. The molecule has 0 spiro atoms. The molecule has 0 bridgehead atoms. The van der Waals surface area contributed by atoms with Gasteiger partial charge in [0, 0.05) is 12.7 Å². The van der Waals surface area contributed by atoms with Crippen molar-refractivity contribution in [1.29, 1.82) is 0 Å². The molecule has 116 valence electrons. The number of anilines is 1. The Bertz CT molecular complexity index is 676. The van der Waals surface area contributed by atoms with E-state index in [4.69, 9.17) is 5.73 Å². The Hall–Kier alpha value is -1.58. The third-order valence-electron chi connectivity index (χ3n) is 3.26. The van der Waals surface area contributed by atoms with E-state index in [-0.39, 0.29) is 17.2 Å². The van der Waals surface area contributed by atoms with E-state index in [0.717, 1.165) is 0 Å². The highest BCUT2D eigenvalue weighted by molar-refractivity contribution is 7.89. The maximum atomic E-state index is 13.0. The minimum atomic E-state index is -4.08. The summed E-state index contributed by atoms with van der Waals surface area (Å²) < 4.78 is 51.8. The largest absolute Gasteiger partial charge is 0.325 e. The van der Waals surface area contributed by atoms with Crippen molar-refractivity contribution in [1.82, 2.24) is 4.72 Å². The molecule has 0 saturated heterocycles. The Balaban J connectivity index is 2.23. The number of alkyl halides is 2. The van der Waals surface area contributed by atoms with E-state index in [9.17, 15) is 22.0 Å². The molecule has 1 aliphatic heterocycles. The predicted octanol–water partition coefficient (Wildman–Crippen LogP) is 0.0778. The number of likely N-dealkylation sites (N-methyl/N-ethyl adjacent to an activating group) is 1. The number of halogens is 2. The molecule has 1 heterocycles. The van der Waals surface area contributed by atoms with E-state index in [1.807, 2.05) is 4.72 Å². The van der Waals surface area contributed by atoms with Crippen LogP contribution in [0.15, 0.2) is 23.1 Å². The summed E-state index contributed by atoms with van der Waals surface area (Å²) in [4.78, 5) is 12.8. The molecule has 9 heteroatoms. The zero-order valence-electron chi connectivity index (χ0n) is 11.3. The lowest BCUT2D eigenvalue weighted by molar-refractivity contribution is -0.117. The van der Waals surface area contributed by atoms with Crippen LogP contribution < -0.4 is 15.4 Å². The average molecular weight is 319 g/mol. The molecule has 0 unspecified atom stereocenters. The Morgan fingerprint density at radius 2 is 2.10 bits per heavy atom. The first-order valence-corrected chi connectivity index (χ1v) is 7.62. The summed E-state index contributed by atoms with van der Waals surface area (Å²) >= 11 is 0. The normalized spacial score (nSPS) is 15.4. The summed E-state index contributed by atoms with van der Waals surface area (Å²) in [7, 11) is -2.49. The van der Waals surface area contributed by atoms with Crippen LogP contribution in [0, 0.1) is 0 Å². The third-order valence-corrected chi connectivity index (χ3v) is 4.66. The molecule has 21 heavy (non-hydrogen) atoms. The van der Waals surface area contributed by atoms with Crippen LogP contribution >= 0.6 is 0 Å². The fourth-order valence-corrected chi connectivity index (χ4v) is 3.08. The first-order chi connectivity index (χ1) is 9.66. The Morgan fingerprint density at radius 1 is 1.43 bits per heavy atom. The van der Waals surface area contributed by atoms with Crippen molar-refractivity contribution in [3.63, 3.8) is 0 Å². The van der Waals surface area contributed by atoms with Crippen LogP contribution in [0.3, 0.4) is 0 Å². The molecule has 1 aliphatic rings. The highest BCUT2D eigenvalue weighted by Crippen LogP contribution is 2.29. The number of sulfonamides is 1. The van der Waals surface area contributed by atoms with Crippen LogP contribution in [0.2, 0.25) is 0 Å². The number of rotatable bonds is 5. The van der Waals surface area contributed by atoms with Crippen molar-refractivity contribution in [2.75, 3.05) is 25.0 Å². The summed E-state index contributed by atoms with van der Waals surface area (Å²) in [6.07, 6.45) is 0.0914. The summed E-state index contributed by atoms with van der Waals surface area (Å²) in [6, 6.07) is 4.08. The molecule has 0 saturated carbocycles. The van der Waals surface area contributed by atoms with Gasteiger partial charge in [-0.1, -0.05) is 0 Å². The number of carbonyl (C=O) groups is 1. The minimum Gasteiger partial charge on any atom is -0.325 e. The first-order valence-electron chi connectivity index (χ1n) is 6.13. The SMILES string of the molecule is CN1C(=O)Cc2cc(S(=O)(=O)NCC(F)(F)CN)ccc21. The monoisotopic (exact) mass is 319 g/mol. The molecule has 0 atom stereocenters. The van der Waals surface area contributed by atoms with Gasteiger partial charge in [0.15, 0.2) is 0 Å². The number of nitrogens with one attached hydrogen (secondary N) is 1. The minimum absolute atomic E-state index is 0.0914. The maximum absolute atomic E-state index is 13.0. The second-order valence-corrected chi connectivity index (χ2v) is 6.57. The molecule has 2 rings (SSSR count). The molecule has 0 aromatic heterocycles. The zero-order chi connectivity index (χ0) is 15.8. The van der Waals surface area contributed by atoms with E-state index >= 15 is 0 Å². The number of carbonyl (C=O) groups excluding carboxylic acids is 1. The van der Waals surface area contributed by atoms with E-state index < -0.39 is 29.0 Å². The van der Waals surface area contributed by atoms with Gasteiger partial charge in [0.05, 0.1) is 24.4 Å². The van der Waals surface area contributed by atoms with Crippen molar-refractivity contribution >= 4 is 21.6 Å². The smallest absolute Gasteiger partial charge is 0.273 e. The number of hydrogen-bond donors (Lipinski definition) is 2. The molecular weight excluding hydrogens is 304 g/mol. The van der Waals surface area contributed by atoms with Gasteiger partial charge in [0.2, 0.25) is 15.9 Å². The topological polar surface area (TPSA) is 92.5 Å². The van der Waals surface area contributed by atoms with E-state index in [1.54, 1.807) is 7.05 Å². The summed E-state index contributed by atoms with van der Waals surface area (Å²) in [5.74, 6) is -3.46. The van der Waals surface area contributed by atoms with Crippen molar-refractivity contribution in [3.8, 4) is 0 Å². The van der Waals surface area contributed by atoms with Gasteiger partial charge in [0.25, 0.3) is 5.92 Å². The van der Waals surface area contributed by atoms with E-state index in [0.29, 0.717) is 11.3 Å². The number of fused-ring (bicyclic) bond motifs is 1. The van der Waals surface area contributed by atoms with Crippen LogP contribution in [-0.2, 0) is 21.2 Å². The molecule has 0 fully saturated rings. The van der Waals surface area contributed by atoms with Gasteiger partial charge in [-0.3, -0.25) is 4.79 Å². The third kappa shape index (κ3) is 3.20. The van der Waals surface area contributed by atoms with Gasteiger partial charge < -0.3 is 10.6 Å². The van der Waals surface area contributed by atoms with Gasteiger partial charge in [-0.05, 0) is 23.8 Å². The van der Waals surface area contributed by atoms with Gasteiger partial charge in [-0.2, -0.15) is 0 Å². The van der Waals surface area contributed by atoms with Crippen LogP contribution in [0.5, 0.6) is 0 Å². The second kappa shape index (κ2) is 5.32. The number of hydrogen-bond acceptors (Lipinski definition) is 4. The van der Waals surface area contributed by atoms with E-state index in [2.05, 4.69) is 0 Å². The summed E-state index contributed by atoms with van der Waals surface area (Å²) in [5, 5.41) is 0. The lowest BCUT2D eigenvalue weighted by Gasteiger charge is -2.15. The molecule has 0 radical (unpaired) electrons. The van der Waals surface area contributed by atoms with Gasteiger partial charge in [-0.25, -0.2) is 21.9 Å². The Morgan fingerprint density at radius 3 is 2.71 bits per heavy atom. The van der Waals surface area contributed by atoms with Crippen LogP contribution in [0.25, 0.3) is 0 Å². The second-order valence-electron chi connectivity index (χ2n) is 4.80. The van der Waals surface area contributed by atoms with Crippen LogP contribution in [-0.4, -0.2) is 40.4 Å². The molecule has 3 N–H and O–H groups in total. The van der Waals surface area contributed by atoms with Gasteiger partial charge >= 0.3 is 0 Å².